The molecule has 3 nitrogen and oxygen atoms in total. The molecule has 1 aliphatic heterocycles. The van der Waals surface area contributed by atoms with Crippen molar-refractivity contribution in [3.05, 3.63) is 41.0 Å². The molecule has 6 heteroatoms. The number of hydrogen-bond donors (Lipinski definition) is 0. The van der Waals surface area contributed by atoms with Crippen LogP contribution in [0.15, 0.2) is 41.0 Å². The highest BCUT2D eigenvalue weighted by atomic mass is 79.9. The summed E-state index contributed by atoms with van der Waals surface area (Å²) < 4.78 is 15.5. The fourth-order valence-corrected chi connectivity index (χ4v) is 4.15. The third-order valence-corrected chi connectivity index (χ3v) is 5.36. The molecule has 1 aromatic carbocycles. The number of anilines is 1. The molecule has 0 N–H and O–H groups in total. The smallest absolute Gasteiger partial charge is 0.128 e. The van der Waals surface area contributed by atoms with E-state index in [0.717, 1.165) is 37.6 Å². The summed E-state index contributed by atoms with van der Waals surface area (Å²) in [6, 6.07) is 10.0. The van der Waals surface area contributed by atoms with Gasteiger partial charge in [0.15, 0.2) is 0 Å². The number of thiazole rings is 1. The van der Waals surface area contributed by atoms with E-state index in [1.807, 2.05) is 35.4 Å². The van der Waals surface area contributed by atoms with Gasteiger partial charge in [0, 0.05) is 22.8 Å². The van der Waals surface area contributed by atoms with Crippen LogP contribution in [0, 0.1) is 0 Å². The maximum atomic E-state index is 13.3. The van der Waals surface area contributed by atoms with Crippen molar-refractivity contribution in [2.24, 2.45) is 0 Å². The van der Waals surface area contributed by atoms with Crippen LogP contribution in [-0.4, -0.2) is 29.2 Å². The lowest BCUT2D eigenvalue weighted by Crippen LogP contribution is -2.20. The van der Waals surface area contributed by atoms with Gasteiger partial charge in [-0.1, -0.05) is 15.9 Å². The number of halogens is 2. The van der Waals surface area contributed by atoms with Gasteiger partial charge < -0.3 is 4.90 Å². The molecule has 1 aliphatic rings. The number of aromatic nitrogens is 2. The van der Waals surface area contributed by atoms with Crippen LogP contribution >= 0.6 is 27.3 Å². The zero-order valence-corrected chi connectivity index (χ0v) is 14.1. The van der Waals surface area contributed by atoms with Crippen molar-refractivity contribution in [2.75, 3.05) is 18.0 Å². The average molecular weight is 378 g/mol. The first kappa shape index (κ1) is 14.1. The molecule has 0 bridgehead atoms. The molecule has 1 atom stereocenters. The number of rotatable bonds is 2. The number of fused-ring (bicyclic) bond motifs is 1. The third kappa shape index (κ3) is 2.61. The molecule has 0 unspecified atom stereocenters. The minimum atomic E-state index is -0.732. The summed E-state index contributed by atoms with van der Waals surface area (Å²) in [5.74, 6) is 0.841. The maximum Gasteiger partial charge on any atom is 0.128 e. The molecule has 0 saturated carbocycles. The fraction of sp³-hybridized carbons (Fsp3) is 0.250. The first-order chi connectivity index (χ1) is 10.7. The van der Waals surface area contributed by atoms with Crippen LogP contribution in [0.2, 0.25) is 0 Å². The van der Waals surface area contributed by atoms with Gasteiger partial charge in [0.2, 0.25) is 0 Å². The van der Waals surface area contributed by atoms with E-state index in [1.54, 1.807) is 11.3 Å². The molecule has 112 valence electrons. The third-order valence-electron chi connectivity index (χ3n) is 3.80. The average Bonchev–Trinajstić information content (AvgIpc) is 3.13. The fourth-order valence-electron chi connectivity index (χ4n) is 2.65. The SMILES string of the molecule is F[C@@H]1CCN(c2ccc(-c3nc4ccc(Br)cc4s3)cn2)C1. The standard InChI is InChI=1S/C16H13BrFN3S/c17-11-2-3-13-14(7-11)22-16(20-13)10-1-4-15(19-8-10)21-6-5-12(18)9-21/h1-4,7-8,12H,5-6,9H2/t12-/m1/s1. The predicted molar refractivity (Wildman–Crippen MR) is 92.3 cm³/mol. The monoisotopic (exact) mass is 377 g/mol. The molecule has 3 heterocycles. The van der Waals surface area contributed by atoms with Crippen LogP contribution in [0.3, 0.4) is 0 Å². The second-order valence-electron chi connectivity index (χ2n) is 5.37. The van der Waals surface area contributed by atoms with E-state index < -0.39 is 6.17 Å². The van der Waals surface area contributed by atoms with Crippen molar-refractivity contribution >= 4 is 43.3 Å². The summed E-state index contributed by atoms with van der Waals surface area (Å²) in [6.45, 7) is 1.18. The van der Waals surface area contributed by atoms with E-state index in [1.165, 1.54) is 0 Å². The Hall–Kier alpha value is -1.53. The van der Waals surface area contributed by atoms with Crippen LogP contribution in [0.1, 0.15) is 6.42 Å². The van der Waals surface area contributed by atoms with Gasteiger partial charge >= 0.3 is 0 Å². The van der Waals surface area contributed by atoms with Crippen molar-refractivity contribution in [1.82, 2.24) is 9.97 Å². The number of benzene rings is 1. The van der Waals surface area contributed by atoms with Crippen LogP contribution in [0.4, 0.5) is 10.2 Å². The Kier molecular flexibility index (Phi) is 3.58. The Morgan fingerprint density at radius 1 is 1.27 bits per heavy atom. The Balaban J connectivity index is 1.64. The second kappa shape index (κ2) is 5.59. The maximum absolute atomic E-state index is 13.3. The summed E-state index contributed by atoms with van der Waals surface area (Å²) in [7, 11) is 0. The van der Waals surface area contributed by atoms with Crippen LogP contribution < -0.4 is 4.90 Å². The lowest BCUT2D eigenvalue weighted by Gasteiger charge is -2.15. The molecular weight excluding hydrogens is 365 g/mol. The molecule has 1 saturated heterocycles. The van der Waals surface area contributed by atoms with E-state index in [9.17, 15) is 4.39 Å². The Morgan fingerprint density at radius 2 is 2.18 bits per heavy atom. The van der Waals surface area contributed by atoms with Gasteiger partial charge in [-0.25, -0.2) is 14.4 Å². The van der Waals surface area contributed by atoms with Gasteiger partial charge in [-0.2, -0.15) is 0 Å². The normalized spacial score (nSPS) is 18.3. The van der Waals surface area contributed by atoms with Gasteiger partial charge in [-0.15, -0.1) is 11.3 Å². The van der Waals surface area contributed by atoms with Crippen molar-refractivity contribution in [3.8, 4) is 10.6 Å². The summed E-state index contributed by atoms with van der Waals surface area (Å²) in [5.41, 5.74) is 1.99. The molecule has 2 aromatic heterocycles. The number of hydrogen-bond acceptors (Lipinski definition) is 4. The lowest BCUT2D eigenvalue weighted by atomic mass is 10.3. The molecule has 0 spiro atoms. The Bertz CT molecular complexity index is 818. The molecule has 4 rings (SSSR count). The summed E-state index contributed by atoms with van der Waals surface area (Å²) in [6.07, 6.45) is 1.69. The largest absolute Gasteiger partial charge is 0.354 e. The first-order valence-corrected chi connectivity index (χ1v) is 8.71. The summed E-state index contributed by atoms with van der Waals surface area (Å²) >= 11 is 5.13. The van der Waals surface area contributed by atoms with Crippen molar-refractivity contribution in [1.29, 1.82) is 0 Å². The molecule has 0 radical (unpaired) electrons. The topological polar surface area (TPSA) is 29.0 Å². The van der Waals surface area contributed by atoms with Crippen LogP contribution in [0.5, 0.6) is 0 Å². The predicted octanol–water partition coefficient (Wildman–Crippen LogP) is 4.67. The highest BCUT2D eigenvalue weighted by Gasteiger charge is 2.22. The van der Waals surface area contributed by atoms with E-state index in [0.29, 0.717) is 13.0 Å². The van der Waals surface area contributed by atoms with Gasteiger partial charge in [0.05, 0.1) is 16.8 Å². The van der Waals surface area contributed by atoms with Crippen LogP contribution in [0.25, 0.3) is 20.8 Å². The summed E-state index contributed by atoms with van der Waals surface area (Å²) in [5, 5.41) is 0.955. The van der Waals surface area contributed by atoms with Crippen molar-refractivity contribution in [3.63, 3.8) is 0 Å². The first-order valence-electron chi connectivity index (χ1n) is 7.10. The quantitative estimate of drug-likeness (QED) is 0.649. The zero-order chi connectivity index (χ0) is 15.1. The lowest BCUT2D eigenvalue weighted by molar-refractivity contribution is 0.364. The molecular formula is C16H13BrFN3S. The molecule has 0 amide bonds. The summed E-state index contributed by atoms with van der Waals surface area (Å²) in [4.78, 5) is 11.1. The van der Waals surface area contributed by atoms with E-state index in [4.69, 9.17) is 0 Å². The highest BCUT2D eigenvalue weighted by molar-refractivity contribution is 9.10. The highest BCUT2D eigenvalue weighted by Crippen LogP contribution is 2.32. The number of alkyl halides is 1. The Labute approximate surface area is 139 Å². The second-order valence-corrected chi connectivity index (χ2v) is 7.31. The van der Waals surface area contributed by atoms with Gasteiger partial charge in [-0.3, -0.25) is 0 Å². The van der Waals surface area contributed by atoms with Crippen LogP contribution in [-0.2, 0) is 0 Å². The molecule has 1 fully saturated rings. The number of pyridine rings is 1. The van der Waals surface area contributed by atoms with E-state index in [2.05, 4.69) is 32.0 Å². The van der Waals surface area contributed by atoms with E-state index >= 15 is 0 Å². The molecule has 0 aliphatic carbocycles. The molecule has 3 aromatic rings. The minimum Gasteiger partial charge on any atom is -0.354 e. The van der Waals surface area contributed by atoms with E-state index in [-0.39, 0.29) is 0 Å². The Morgan fingerprint density at radius 3 is 2.91 bits per heavy atom. The van der Waals surface area contributed by atoms with Gasteiger partial charge in [0.1, 0.15) is 17.0 Å². The minimum absolute atomic E-state index is 0.446. The van der Waals surface area contributed by atoms with Crippen molar-refractivity contribution < 1.29 is 4.39 Å². The van der Waals surface area contributed by atoms with Gasteiger partial charge in [0.25, 0.3) is 0 Å². The number of nitrogens with zero attached hydrogens (tertiary/aromatic N) is 3. The van der Waals surface area contributed by atoms with Crippen molar-refractivity contribution in [2.45, 2.75) is 12.6 Å². The molecule has 22 heavy (non-hydrogen) atoms. The van der Waals surface area contributed by atoms with Gasteiger partial charge in [-0.05, 0) is 36.8 Å². The zero-order valence-electron chi connectivity index (χ0n) is 11.7.